The molecule has 4 heteroatoms. The normalized spacial score (nSPS) is 29.5. The number of hydrogen-bond donors (Lipinski definition) is 0. The van der Waals surface area contributed by atoms with Crippen LogP contribution in [0.25, 0.3) is 0 Å². The maximum absolute atomic E-state index is 13.2. The summed E-state index contributed by atoms with van der Waals surface area (Å²) in [6.07, 6.45) is 7.66. The molecule has 2 saturated heterocycles. The van der Waals surface area contributed by atoms with Crippen LogP contribution in [0.3, 0.4) is 0 Å². The molecule has 1 saturated carbocycles. The van der Waals surface area contributed by atoms with E-state index in [1.54, 1.807) is 6.92 Å². The highest BCUT2D eigenvalue weighted by atomic mass is 16.2. The molecule has 1 aromatic carbocycles. The molecule has 4 rings (SSSR count). The molecular weight excluding hydrogens is 324 g/mol. The minimum Gasteiger partial charge on any atom is -0.337 e. The van der Waals surface area contributed by atoms with Crippen LogP contribution < -0.4 is 0 Å². The van der Waals surface area contributed by atoms with Crippen LogP contribution in [0.2, 0.25) is 0 Å². The fraction of sp³-hybridized carbons (Fsp3) is 0.636. The van der Waals surface area contributed by atoms with Crippen molar-refractivity contribution in [2.45, 2.75) is 69.9 Å². The molecule has 26 heavy (non-hydrogen) atoms. The average molecular weight is 354 g/mol. The van der Waals surface area contributed by atoms with Gasteiger partial charge in [-0.05, 0) is 31.2 Å². The largest absolute Gasteiger partial charge is 0.337 e. The monoisotopic (exact) mass is 354 g/mol. The van der Waals surface area contributed by atoms with Crippen LogP contribution in [0.4, 0.5) is 0 Å². The molecule has 0 spiro atoms. The number of nitrogens with zero attached hydrogens (tertiary/aromatic N) is 2. The van der Waals surface area contributed by atoms with Gasteiger partial charge >= 0.3 is 0 Å². The van der Waals surface area contributed by atoms with Crippen molar-refractivity contribution >= 4 is 11.8 Å². The van der Waals surface area contributed by atoms with Gasteiger partial charge in [0, 0.05) is 31.8 Å². The highest BCUT2D eigenvalue weighted by Gasteiger charge is 2.49. The first-order valence-electron chi connectivity index (χ1n) is 10.3. The molecular formula is C22H30N2O2. The maximum Gasteiger partial charge on any atom is 0.226 e. The maximum atomic E-state index is 13.2. The van der Waals surface area contributed by atoms with E-state index in [1.807, 2.05) is 6.07 Å². The lowest BCUT2D eigenvalue weighted by Gasteiger charge is -2.40. The average Bonchev–Trinajstić information content (AvgIpc) is 2.92. The van der Waals surface area contributed by atoms with Crippen molar-refractivity contribution in [2.75, 3.05) is 13.1 Å². The molecule has 140 valence electrons. The van der Waals surface area contributed by atoms with Crippen LogP contribution >= 0.6 is 0 Å². The summed E-state index contributed by atoms with van der Waals surface area (Å²) in [4.78, 5) is 29.9. The van der Waals surface area contributed by atoms with Crippen molar-refractivity contribution in [2.24, 2.45) is 5.92 Å². The number of hydrogen-bond acceptors (Lipinski definition) is 2. The summed E-state index contributed by atoms with van der Waals surface area (Å²) < 4.78 is 0. The third kappa shape index (κ3) is 3.15. The molecule has 1 aliphatic carbocycles. The third-order valence-corrected chi connectivity index (χ3v) is 6.73. The Morgan fingerprint density at radius 3 is 2.35 bits per heavy atom. The highest BCUT2D eigenvalue weighted by Crippen LogP contribution is 2.41. The molecule has 4 nitrogen and oxygen atoms in total. The molecule has 0 unspecified atom stereocenters. The molecule has 3 fully saturated rings. The second kappa shape index (κ2) is 7.42. The summed E-state index contributed by atoms with van der Waals surface area (Å²) in [5.74, 6) is 0.947. The van der Waals surface area contributed by atoms with Crippen molar-refractivity contribution in [3.05, 3.63) is 35.9 Å². The van der Waals surface area contributed by atoms with E-state index in [9.17, 15) is 9.59 Å². The van der Waals surface area contributed by atoms with Gasteiger partial charge < -0.3 is 9.80 Å². The van der Waals surface area contributed by atoms with E-state index in [-0.39, 0.29) is 29.8 Å². The number of rotatable bonds is 2. The zero-order chi connectivity index (χ0) is 18.1. The minimum atomic E-state index is 0.124. The van der Waals surface area contributed by atoms with Crippen molar-refractivity contribution in [3.63, 3.8) is 0 Å². The molecule has 0 radical (unpaired) electrons. The summed E-state index contributed by atoms with van der Waals surface area (Å²) in [7, 11) is 0. The standard InChI is InChI=1S/C22H30N2O2/c1-16(25)23-14-7-3-6-13-20-21(23)19(17-9-4-2-5-10-17)15-24(20)22(26)18-11-8-12-18/h2,4-5,9-10,18-21H,3,6-8,11-15H2,1H3/t19-,20+,21-/m0/s1. The lowest BCUT2D eigenvalue weighted by atomic mass is 9.84. The molecule has 0 bridgehead atoms. The summed E-state index contributed by atoms with van der Waals surface area (Å²) >= 11 is 0. The van der Waals surface area contributed by atoms with Crippen molar-refractivity contribution in [3.8, 4) is 0 Å². The minimum absolute atomic E-state index is 0.124. The van der Waals surface area contributed by atoms with E-state index in [1.165, 1.54) is 12.0 Å². The number of amides is 2. The number of benzene rings is 1. The molecule has 2 aliphatic heterocycles. The van der Waals surface area contributed by atoms with Gasteiger partial charge in [-0.25, -0.2) is 0 Å². The van der Waals surface area contributed by atoms with Gasteiger partial charge in [-0.15, -0.1) is 0 Å². The Morgan fingerprint density at radius 2 is 1.69 bits per heavy atom. The Morgan fingerprint density at radius 1 is 0.923 bits per heavy atom. The number of carbonyl (C=O) groups excluding carboxylic acids is 2. The predicted molar refractivity (Wildman–Crippen MR) is 102 cm³/mol. The highest BCUT2D eigenvalue weighted by molar-refractivity contribution is 5.81. The lowest BCUT2D eigenvalue weighted by Crippen LogP contribution is -2.52. The molecule has 2 amide bonds. The third-order valence-electron chi connectivity index (χ3n) is 6.73. The van der Waals surface area contributed by atoms with Crippen LogP contribution in [0.1, 0.15) is 63.4 Å². The molecule has 3 atom stereocenters. The van der Waals surface area contributed by atoms with Crippen molar-refractivity contribution < 1.29 is 9.59 Å². The molecule has 0 N–H and O–H groups in total. The van der Waals surface area contributed by atoms with Gasteiger partial charge in [0.2, 0.25) is 11.8 Å². The van der Waals surface area contributed by atoms with Crippen molar-refractivity contribution in [1.82, 2.24) is 9.80 Å². The summed E-state index contributed by atoms with van der Waals surface area (Å²) in [6, 6.07) is 10.8. The van der Waals surface area contributed by atoms with Gasteiger partial charge in [0.15, 0.2) is 0 Å². The zero-order valence-corrected chi connectivity index (χ0v) is 15.8. The van der Waals surface area contributed by atoms with Crippen LogP contribution in [-0.2, 0) is 9.59 Å². The van der Waals surface area contributed by atoms with Gasteiger partial charge in [0.05, 0.1) is 12.1 Å². The first-order valence-corrected chi connectivity index (χ1v) is 10.3. The zero-order valence-electron chi connectivity index (χ0n) is 15.8. The van der Waals surface area contributed by atoms with E-state index < -0.39 is 0 Å². The van der Waals surface area contributed by atoms with E-state index in [0.717, 1.165) is 51.6 Å². The van der Waals surface area contributed by atoms with Crippen LogP contribution in [0.15, 0.2) is 30.3 Å². The van der Waals surface area contributed by atoms with Crippen LogP contribution in [0, 0.1) is 5.92 Å². The summed E-state index contributed by atoms with van der Waals surface area (Å²) in [5.41, 5.74) is 1.26. The van der Waals surface area contributed by atoms with Gasteiger partial charge in [-0.2, -0.15) is 0 Å². The molecule has 2 heterocycles. The topological polar surface area (TPSA) is 40.6 Å². The van der Waals surface area contributed by atoms with E-state index in [2.05, 4.69) is 34.1 Å². The summed E-state index contributed by atoms with van der Waals surface area (Å²) in [5, 5.41) is 0. The second-order valence-electron chi connectivity index (χ2n) is 8.26. The summed E-state index contributed by atoms with van der Waals surface area (Å²) in [6.45, 7) is 3.28. The Labute approximate surface area is 156 Å². The van der Waals surface area contributed by atoms with Gasteiger partial charge in [0.1, 0.15) is 0 Å². The van der Waals surface area contributed by atoms with Gasteiger partial charge in [-0.3, -0.25) is 9.59 Å². The van der Waals surface area contributed by atoms with Crippen LogP contribution in [0.5, 0.6) is 0 Å². The predicted octanol–water partition coefficient (Wildman–Crippen LogP) is 3.57. The fourth-order valence-electron chi connectivity index (χ4n) is 5.13. The Hall–Kier alpha value is -1.84. The number of fused-ring (bicyclic) bond motifs is 1. The number of likely N-dealkylation sites (tertiary alicyclic amines) is 2. The Balaban J connectivity index is 1.70. The van der Waals surface area contributed by atoms with Gasteiger partial charge in [-0.1, -0.05) is 49.6 Å². The quantitative estimate of drug-likeness (QED) is 0.815. The first kappa shape index (κ1) is 17.6. The number of carbonyl (C=O) groups is 2. The second-order valence-corrected chi connectivity index (χ2v) is 8.26. The lowest BCUT2D eigenvalue weighted by molar-refractivity contribution is -0.141. The molecule has 3 aliphatic rings. The Bertz CT molecular complexity index is 655. The van der Waals surface area contributed by atoms with Gasteiger partial charge in [0.25, 0.3) is 0 Å². The SMILES string of the molecule is CC(=O)N1CCCCC[C@@H]2[C@@H]1[C@H](c1ccccc1)CN2C(=O)C1CCC1. The van der Waals surface area contributed by atoms with Crippen molar-refractivity contribution in [1.29, 1.82) is 0 Å². The first-order chi connectivity index (χ1) is 12.7. The van der Waals surface area contributed by atoms with E-state index in [4.69, 9.17) is 0 Å². The molecule has 0 aromatic heterocycles. The Kier molecular flexibility index (Phi) is 5.01. The van der Waals surface area contributed by atoms with E-state index in [0.29, 0.717) is 5.91 Å². The van der Waals surface area contributed by atoms with Crippen LogP contribution in [-0.4, -0.2) is 46.8 Å². The van der Waals surface area contributed by atoms with E-state index >= 15 is 0 Å². The smallest absolute Gasteiger partial charge is 0.226 e. The fourth-order valence-corrected chi connectivity index (χ4v) is 5.13. The molecule has 1 aromatic rings.